The fraction of sp³-hybridized carbons (Fsp3) is 0.750. The van der Waals surface area contributed by atoms with E-state index in [4.69, 9.17) is 5.73 Å². The molecule has 0 bridgehead atoms. The molecule has 1 aliphatic rings. The Labute approximate surface area is 102 Å². The number of nitrogens with one attached hydrogen (secondary N) is 1. The van der Waals surface area contributed by atoms with Gasteiger partial charge in [0.05, 0.1) is 6.61 Å². The van der Waals surface area contributed by atoms with E-state index < -0.39 is 0 Å². The average Bonchev–Trinajstić information content (AvgIpc) is 2.66. The van der Waals surface area contributed by atoms with Crippen LogP contribution in [0.5, 0.6) is 0 Å². The van der Waals surface area contributed by atoms with Crippen LogP contribution in [0.15, 0.2) is 0 Å². The number of aromatic amines is 1. The Morgan fingerprint density at radius 1 is 1.41 bits per heavy atom. The summed E-state index contributed by atoms with van der Waals surface area (Å²) in [6.07, 6.45) is 6.18. The second-order valence-corrected chi connectivity index (χ2v) is 4.77. The Kier molecular flexibility index (Phi) is 3.89. The van der Waals surface area contributed by atoms with Crippen molar-refractivity contribution in [1.82, 2.24) is 9.97 Å². The highest BCUT2D eigenvalue weighted by Crippen LogP contribution is 2.29. The number of nitrogens with zero attached hydrogens (tertiary/aromatic N) is 2. The van der Waals surface area contributed by atoms with Gasteiger partial charge < -0.3 is 20.7 Å². The van der Waals surface area contributed by atoms with Crippen LogP contribution in [0.25, 0.3) is 0 Å². The highest BCUT2D eigenvalue weighted by molar-refractivity contribution is 5.59. The second kappa shape index (κ2) is 5.40. The molecule has 0 aromatic carbocycles. The van der Waals surface area contributed by atoms with Crippen LogP contribution in [0.2, 0.25) is 0 Å². The Hall–Kier alpha value is -1.23. The minimum absolute atomic E-state index is 0.141. The lowest BCUT2D eigenvalue weighted by Crippen LogP contribution is -2.39. The van der Waals surface area contributed by atoms with E-state index >= 15 is 0 Å². The van der Waals surface area contributed by atoms with Gasteiger partial charge in [0.25, 0.3) is 0 Å². The number of aromatic nitrogens is 2. The summed E-state index contributed by atoms with van der Waals surface area (Å²) in [7, 11) is 0. The van der Waals surface area contributed by atoms with Crippen LogP contribution in [-0.4, -0.2) is 34.3 Å². The van der Waals surface area contributed by atoms with Crippen LogP contribution in [0.3, 0.4) is 0 Å². The third-order valence-corrected chi connectivity index (χ3v) is 3.46. The maximum absolute atomic E-state index is 9.21. The molecule has 0 unspecified atom stereocenters. The molecule has 0 spiro atoms. The molecule has 0 aliphatic heterocycles. The lowest BCUT2D eigenvalue weighted by Gasteiger charge is -2.34. The zero-order valence-electron chi connectivity index (χ0n) is 10.4. The molecular formula is C12H22N4O. The van der Waals surface area contributed by atoms with Gasteiger partial charge >= 0.3 is 0 Å². The standard InChI is InChI=1S/C12H22N4O/c1-9-14-11(13)12(15-9)16(7-8-17)10-5-3-2-4-6-10/h10,17H,2-8,13H2,1H3,(H,14,15). The SMILES string of the molecule is Cc1nc(N(CCO)C2CCCCC2)c(N)[nH]1. The van der Waals surface area contributed by atoms with Gasteiger partial charge in [0.1, 0.15) is 11.6 Å². The van der Waals surface area contributed by atoms with Gasteiger partial charge in [-0.1, -0.05) is 19.3 Å². The molecule has 17 heavy (non-hydrogen) atoms. The summed E-state index contributed by atoms with van der Waals surface area (Å²) in [5, 5.41) is 9.21. The van der Waals surface area contributed by atoms with Crippen molar-refractivity contribution in [2.24, 2.45) is 0 Å². The molecule has 1 aliphatic carbocycles. The highest BCUT2D eigenvalue weighted by atomic mass is 16.3. The van der Waals surface area contributed by atoms with Crippen LogP contribution in [-0.2, 0) is 0 Å². The third kappa shape index (κ3) is 2.72. The molecule has 2 rings (SSSR count). The van der Waals surface area contributed by atoms with Gasteiger partial charge in [0, 0.05) is 12.6 Å². The highest BCUT2D eigenvalue weighted by Gasteiger charge is 2.24. The van der Waals surface area contributed by atoms with Crippen molar-refractivity contribution in [3.8, 4) is 0 Å². The predicted molar refractivity (Wildman–Crippen MR) is 69.0 cm³/mol. The van der Waals surface area contributed by atoms with E-state index in [0.29, 0.717) is 18.4 Å². The maximum atomic E-state index is 9.21. The van der Waals surface area contributed by atoms with E-state index in [1.54, 1.807) is 0 Å². The quantitative estimate of drug-likeness (QED) is 0.741. The predicted octanol–water partition coefficient (Wildman–Crippen LogP) is 1.43. The minimum Gasteiger partial charge on any atom is -0.395 e. The number of hydrogen-bond donors (Lipinski definition) is 3. The molecule has 1 aromatic heterocycles. The van der Waals surface area contributed by atoms with E-state index in [1.165, 1.54) is 32.1 Å². The van der Waals surface area contributed by atoms with Crippen molar-refractivity contribution in [2.75, 3.05) is 23.8 Å². The number of nitrogens with two attached hydrogens (primary N) is 1. The molecular weight excluding hydrogens is 216 g/mol. The summed E-state index contributed by atoms with van der Waals surface area (Å²) >= 11 is 0. The third-order valence-electron chi connectivity index (χ3n) is 3.46. The first-order chi connectivity index (χ1) is 8.22. The minimum atomic E-state index is 0.141. The van der Waals surface area contributed by atoms with Gasteiger partial charge in [0.15, 0.2) is 5.82 Å². The number of hydrogen-bond acceptors (Lipinski definition) is 4. The summed E-state index contributed by atoms with van der Waals surface area (Å²) in [4.78, 5) is 9.63. The Morgan fingerprint density at radius 2 is 2.12 bits per heavy atom. The van der Waals surface area contributed by atoms with Crippen LogP contribution in [0.4, 0.5) is 11.6 Å². The van der Waals surface area contributed by atoms with Crippen molar-refractivity contribution in [1.29, 1.82) is 0 Å². The molecule has 1 heterocycles. The molecule has 96 valence electrons. The fourth-order valence-corrected chi connectivity index (χ4v) is 2.68. The lowest BCUT2D eigenvalue weighted by atomic mass is 9.94. The molecule has 5 heteroatoms. The molecule has 5 nitrogen and oxygen atoms in total. The van der Waals surface area contributed by atoms with E-state index in [0.717, 1.165) is 11.6 Å². The molecule has 0 saturated heterocycles. The number of aryl methyl sites for hydroxylation is 1. The van der Waals surface area contributed by atoms with Crippen molar-refractivity contribution in [3.63, 3.8) is 0 Å². The fourth-order valence-electron chi connectivity index (χ4n) is 2.68. The zero-order valence-corrected chi connectivity index (χ0v) is 10.4. The number of aliphatic hydroxyl groups excluding tert-OH is 1. The normalized spacial score (nSPS) is 17.3. The zero-order chi connectivity index (χ0) is 12.3. The molecule has 4 N–H and O–H groups in total. The van der Waals surface area contributed by atoms with E-state index in [-0.39, 0.29) is 6.61 Å². The van der Waals surface area contributed by atoms with Crippen molar-refractivity contribution >= 4 is 11.6 Å². The molecule has 1 saturated carbocycles. The summed E-state index contributed by atoms with van der Waals surface area (Å²) in [6.45, 7) is 2.65. The number of anilines is 2. The summed E-state index contributed by atoms with van der Waals surface area (Å²) in [6, 6.07) is 0.473. The van der Waals surface area contributed by atoms with E-state index in [9.17, 15) is 5.11 Å². The van der Waals surface area contributed by atoms with Crippen molar-refractivity contribution in [2.45, 2.75) is 45.1 Å². The van der Waals surface area contributed by atoms with E-state index in [1.807, 2.05) is 6.92 Å². The Morgan fingerprint density at radius 3 is 2.65 bits per heavy atom. The van der Waals surface area contributed by atoms with Crippen molar-refractivity contribution in [3.05, 3.63) is 5.82 Å². The second-order valence-electron chi connectivity index (χ2n) is 4.77. The van der Waals surface area contributed by atoms with Gasteiger partial charge in [-0.3, -0.25) is 0 Å². The smallest absolute Gasteiger partial charge is 0.171 e. The molecule has 0 radical (unpaired) electrons. The largest absolute Gasteiger partial charge is 0.395 e. The number of imidazole rings is 1. The number of nitrogen functional groups attached to an aromatic ring is 1. The summed E-state index contributed by atoms with van der Waals surface area (Å²) in [5.41, 5.74) is 5.94. The van der Waals surface area contributed by atoms with Gasteiger partial charge in [-0.15, -0.1) is 0 Å². The number of H-pyrrole nitrogens is 1. The first-order valence-electron chi connectivity index (χ1n) is 6.42. The summed E-state index contributed by atoms with van der Waals surface area (Å²) < 4.78 is 0. The van der Waals surface area contributed by atoms with E-state index in [2.05, 4.69) is 14.9 Å². The first kappa shape index (κ1) is 12.2. The molecule has 0 atom stereocenters. The average molecular weight is 238 g/mol. The maximum Gasteiger partial charge on any atom is 0.171 e. The van der Waals surface area contributed by atoms with Gasteiger partial charge in [-0.05, 0) is 19.8 Å². The monoisotopic (exact) mass is 238 g/mol. The molecule has 1 aromatic rings. The van der Waals surface area contributed by atoms with Crippen LogP contribution >= 0.6 is 0 Å². The van der Waals surface area contributed by atoms with Gasteiger partial charge in [-0.2, -0.15) is 0 Å². The van der Waals surface area contributed by atoms with Crippen LogP contribution < -0.4 is 10.6 Å². The number of rotatable bonds is 4. The van der Waals surface area contributed by atoms with Gasteiger partial charge in [0.2, 0.25) is 0 Å². The van der Waals surface area contributed by atoms with Crippen molar-refractivity contribution < 1.29 is 5.11 Å². The van der Waals surface area contributed by atoms with Crippen LogP contribution in [0.1, 0.15) is 37.9 Å². The lowest BCUT2D eigenvalue weighted by molar-refractivity contribution is 0.289. The topological polar surface area (TPSA) is 78.2 Å². The van der Waals surface area contributed by atoms with Crippen LogP contribution in [0, 0.1) is 6.92 Å². The number of aliphatic hydroxyl groups is 1. The molecule has 1 fully saturated rings. The van der Waals surface area contributed by atoms with Gasteiger partial charge in [-0.25, -0.2) is 4.98 Å². The molecule has 0 amide bonds. The Balaban J connectivity index is 2.18. The summed E-state index contributed by atoms with van der Waals surface area (Å²) in [5.74, 6) is 2.25. The Bertz CT molecular complexity index is 357. The first-order valence-corrected chi connectivity index (χ1v) is 6.42.